The molecule has 5 heteroatoms. The summed E-state index contributed by atoms with van der Waals surface area (Å²) in [4.78, 5) is 22.7. The number of rotatable bonds is 5. The van der Waals surface area contributed by atoms with E-state index < -0.39 is 5.97 Å². The lowest BCUT2D eigenvalue weighted by atomic mass is 9.89. The van der Waals surface area contributed by atoms with Gasteiger partial charge in [0.2, 0.25) is 0 Å². The van der Waals surface area contributed by atoms with Crippen LogP contribution in [0.15, 0.2) is 24.3 Å². The molecule has 0 saturated heterocycles. The predicted octanol–water partition coefficient (Wildman–Crippen LogP) is 2.00. The molecule has 1 aliphatic rings. The third-order valence-corrected chi connectivity index (χ3v) is 3.54. The van der Waals surface area contributed by atoms with Gasteiger partial charge in [-0.3, -0.25) is 4.79 Å². The number of carboxylic acids is 1. The second-order valence-electron chi connectivity index (χ2n) is 5.30. The lowest BCUT2D eigenvalue weighted by Gasteiger charge is -2.34. The number of methoxy groups -OCH3 is 1. The summed E-state index contributed by atoms with van der Waals surface area (Å²) >= 11 is 0. The second kappa shape index (κ2) is 6.54. The van der Waals surface area contributed by atoms with E-state index in [9.17, 15) is 9.59 Å². The second-order valence-corrected chi connectivity index (χ2v) is 5.30. The molecule has 112 valence electrons. The molecule has 5 nitrogen and oxygen atoms in total. The molecule has 0 radical (unpaired) electrons. The third-order valence-electron chi connectivity index (χ3n) is 3.54. The molecule has 1 aromatic rings. The van der Waals surface area contributed by atoms with Gasteiger partial charge < -0.3 is 15.2 Å². The maximum Gasteiger partial charge on any atom is 0.328 e. The van der Waals surface area contributed by atoms with Crippen LogP contribution in [0.5, 0.6) is 0 Å². The lowest BCUT2D eigenvalue weighted by molar-refractivity contribution is -0.131. The number of hydrogen-bond acceptors (Lipinski definition) is 3. The number of ether oxygens (including phenoxy) is 1. The molecule has 1 saturated carbocycles. The van der Waals surface area contributed by atoms with Crippen LogP contribution in [0.2, 0.25) is 0 Å². The fourth-order valence-electron chi connectivity index (χ4n) is 2.35. The standard InChI is InChI=1S/C16H19NO4/c1-10-5-11(3-4-15(18)19)7-12(6-10)16(20)17-13-8-14(9-13)21-2/h3-7,13-14H,8-9H2,1-2H3,(H,17,20)(H,18,19)/b4-3+. The van der Waals surface area contributed by atoms with Crippen LogP contribution >= 0.6 is 0 Å². The Morgan fingerprint density at radius 3 is 2.67 bits per heavy atom. The molecule has 21 heavy (non-hydrogen) atoms. The van der Waals surface area contributed by atoms with Crippen molar-refractivity contribution in [2.45, 2.75) is 31.9 Å². The molecule has 2 rings (SSSR count). The molecule has 0 spiro atoms. The van der Waals surface area contributed by atoms with E-state index in [1.165, 1.54) is 6.08 Å². The van der Waals surface area contributed by atoms with Gasteiger partial charge in [-0.1, -0.05) is 6.07 Å². The van der Waals surface area contributed by atoms with Gasteiger partial charge in [-0.25, -0.2) is 4.79 Å². The Bertz CT molecular complexity index is 574. The highest BCUT2D eigenvalue weighted by atomic mass is 16.5. The number of amides is 1. The van der Waals surface area contributed by atoms with E-state index in [0.29, 0.717) is 11.1 Å². The van der Waals surface area contributed by atoms with Crippen molar-refractivity contribution in [3.05, 3.63) is 41.0 Å². The Labute approximate surface area is 123 Å². The molecule has 0 atom stereocenters. The van der Waals surface area contributed by atoms with E-state index in [1.807, 2.05) is 13.0 Å². The molecule has 0 aliphatic heterocycles. The summed E-state index contributed by atoms with van der Waals surface area (Å²) in [5, 5.41) is 11.6. The van der Waals surface area contributed by atoms with E-state index in [0.717, 1.165) is 24.5 Å². The van der Waals surface area contributed by atoms with Gasteiger partial charge in [0, 0.05) is 24.8 Å². The molecule has 1 fully saturated rings. The predicted molar refractivity (Wildman–Crippen MR) is 79.1 cm³/mol. The molecule has 1 aromatic carbocycles. The van der Waals surface area contributed by atoms with Gasteiger partial charge in [0.25, 0.3) is 5.91 Å². The highest BCUT2D eigenvalue weighted by molar-refractivity contribution is 5.95. The normalized spacial score (nSPS) is 21.0. The van der Waals surface area contributed by atoms with Crippen LogP contribution in [0.25, 0.3) is 6.08 Å². The number of carbonyl (C=O) groups is 2. The van der Waals surface area contributed by atoms with Gasteiger partial charge >= 0.3 is 5.97 Å². The average molecular weight is 289 g/mol. The van der Waals surface area contributed by atoms with Gasteiger partial charge in [-0.05, 0) is 49.1 Å². The smallest absolute Gasteiger partial charge is 0.328 e. The van der Waals surface area contributed by atoms with E-state index >= 15 is 0 Å². The molecule has 0 unspecified atom stereocenters. The third kappa shape index (κ3) is 4.16. The Kier molecular flexibility index (Phi) is 4.75. The number of aryl methyl sites for hydroxylation is 1. The number of carboxylic acid groups (broad SMARTS) is 1. The summed E-state index contributed by atoms with van der Waals surface area (Å²) in [6, 6.07) is 5.47. The lowest BCUT2D eigenvalue weighted by Crippen LogP contribution is -2.47. The van der Waals surface area contributed by atoms with Crippen molar-refractivity contribution >= 4 is 18.0 Å². The average Bonchev–Trinajstić information content (AvgIpc) is 2.39. The minimum atomic E-state index is -1.01. The van der Waals surface area contributed by atoms with Crippen molar-refractivity contribution in [2.75, 3.05) is 7.11 Å². The molecule has 1 amide bonds. The Hall–Kier alpha value is -2.14. The number of nitrogens with one attached hydrogen (secondary N) is 1. The number of carbonyl (C=O) groups excluding carboxylic acids is 1. The largest absolute Gasteiger partial charge is 0.478 e. The first-order chi connectivity index (χ1) is 9.97. The minimum Gasteiger partial charge on any atom is -0.478 e. The van der Waals surface area contributed by atoms with Crippen molar-refractivity contribution in [3.8, 4) is 0 Å². The first kappa shape index (κ1) is 15.3. The zero-order valence-corrected chi connectivity index (χ0v) is 12.1. The molecule has 2 N–H and O–H groups in total. The van der Waals surface area contributed by atoms with E-state index in [1.54, 1.807) is 19.2 Å². The fourth-order valence-corrected chi connectivity index (χ4v) is 2.35. The summed E-state index contributed by atoms with van der Waals surface area (Å²) in [5.74, 6) is -1.15. The van der Waals surface area contributed by atoms with Gasteiger partial charge in [0.05, 0.1) is 6.10 Å². The first-order valence-corrected chi connectivity index (χ1v) is 6.84. The zero-order chi connectivity index (χ0) is 15.4. The molecule has 0 heterocycles. The van der Waals surface area contributed by atoms with E-state index in [2.05, 4.69) is 5.32 Å². The van der Waals surface area contributed by atoms with Crippen molar-refractivity contribution in [1.29, 1.82) is 0 Å². The SMILES string of the molecule is COC1CC(NC(=O)c2cc(C)cc(/C=C/C(=O)O)c2)C1. The van der Waals surface area contributed by atoms with Crippen LogP contribution in [-0.2, 0) is 9.53 Å². The van der Waals surface area contributed by atoms with Gasteiger partial charge in [-0.15, -0.1) is 0 Å². The summed E-state index contributed by atoms with van der Waals surface area (Å²) in [7, 11) is 1.67. The molecule has 0 aromatic heterocycles. The van der Waals surface area contributed by atoms with E-state index in [-0.39, 0.29) is 18.1 Å². The molecule has 0 bridgehead atoms. The van der Waals surface area contributed by atoms with Crippen molar-refractivity contribution in [3.63, 3.8) is 0 Å². The highest BCUT2D eigenvalue weighted by Gasteiger charge is 2.30. The number of aliphatic carboxylic acids is 1. The topological polar surface area (TPSA) is 75.6 Å². The maximum atomic E-state index is 12.2. The van der Waals surface area contributed by atoms with Crippen LogP contribution in [0.1, 0.15) is 34.3 Å². The highest BCUT2D eigenvalue weighted by Crippen LogP contribution is 2.23. The van der Waals surface area contributed by atoms with E-state index in [4.69, 9.17) is 9.84 Å². The first-order valence-electron chi connectivity index (χ1n) is 6.84. The van der Waals surface area contributed by atoms with Crippen LogP contribution < -0.4 is 5.32 Å². The Morgan fingerprint density at radius 2 is 2.05 bits per heavy atom. The van der Waals surface area contributed by atoms with Crippen molar-refractivity contribution in [1.82, 2.24) is 5.32 Å². The molecule has 1 aliphatic carbocycles. The quantitative estimate of drug-likeness (QED) is 0.813. The summed E-state index contributed by atoms with van der Waals surface area (Å²) in [5.41, 5.74) is 2.16. The molecular formula is C16H19NO4. The number of benzene rings is 1. The summed E-state index contributed by atoms with van der Waals surface area (Å²) < 4.78 is 5.18. The van der Waals surface area contributed by atoms with Gasteiger partial charge in [0.15, 0.2) is 0 Å². The van der Waals surface area contributed by atoms with Crippen LogP contribution in [0, 0.1) is 6.92 Å². The Balaban J connectivity index is 2.05. The number of hydrogen-bond donors (Lipinski definition) is 2. The van der Waals surface area contributed by atoms with Crippen molar-refractivity contribution in [2.24, 2.45) is 0 Å². The van der Waals surface area contributed by atoms with Crippen molar-refractivity contribution < 1.29 is 19.4 Å². The monoisotopic (exact) mass is 289 g/mol. The van der Waals surface area contributed by atoms with Gasteiger partial charge in [-0.2, -0.15) is 0 Å². The van der Waals surface area contributed by atoms with Crippen LogP contribution in [0.3, 0.4) is 0 Å². The Morgan fingerprint density at radius 1 is 1.33 bits per heavy atom. The van der Waals surface area contributed by atoms with Crippen LogP contribution in [0.4, 0.5) is 0 Å². The summed E-state index contributed by atoms with van der Waals surface area (Å²) in [6.07, 6.45) is 4.45. The maximum absolute atomic E-state index is 12.2. The zero-order valence-electron chi connectivity index (χ0n) is 12.1. The summed E-state index contributed by atoms with van der Waals surface area (Å²) in [6.45, 7) is 1.87. The molecular weight excluding hydrogens is 270 g/mol. The van der Waals surface area contributed by atoms with Gasteiger partial charge in [0.1, 0.15) is 0 Å². The van der Waals surface area contributed by atoms with Crippen LogP contribution in [-0.4, -0.2) is 36.2 Å². The fraction of sp³-hybridized carbons (Fsp3) is 0.375. The minimum absolute atomic E-state index is 0.136.